The van der Waals surface area contributed by atoms with Gasteiger partial charge in [0, 0.05) is 15.4 Å². The fraction of sp³-hybridized carbons (Fsp3) is 0.136. The van der Waals surface area contributed by atoms with Gasteiger partial charge in [-0.25, -0.2) is 5.43 Å². The Labute approximate surface area is 181 Å². The highest BCUT2D eigenvalue weighted by Crippen LogP contribution is 2.33. The molecule has 0 radical (unpaired) electrons. The molecule has 152 valence electrons. The molecule has 1 N–H and O–H groups in total. The normalized spacial score (nSPS) is 10.7. The number of furan rings is 1. The van der Waals surface area contributed by atoms with Crippen LogP contribution in [0.4, 0.5) is 0 Å². The minimum Gasteiger partial charge on any atom is -0.493 e. The van der Waals surface area contributed by atoms with Gasteiger partial charge in [-0.3, -0.25) is 4.79 Å². The van der Waals surface area contributed by atoms with Gasteiger partial charge in [0.1, 0.15) is 11.7 Å². The highest BCUT2D eigenvalue weighted by Gasteiger charge is 2.13. The first-order chi connectivity index (χ1) is 14.5. The van der Waals surface area contributed by atoms with E-state index in [4.69, 9.17) is 19.2 Å². The predicted molar refractivity (Wildman–Crippen MR) is 117 cm³/mol. The molecule has 3 aromatic rings. The summed E-state index contributed by atoms with van der Waals surface area (Å²) >= 11 is 3.39. The summed E-state index contributed by atoms with van der Waals surface area (Å²) in [4.78, 5) is 12.3. The number of carbonyl (C=O) groups is 1. The number of rotatable bonds is 8. The van der Waals surface area contributed by atoms with Crippen LogP contribution in [0, 0.1) is 11.3 Å². The molecule has 1 aromatic heterocycles. The second-order valence-corrected chi connectivity index (χ2v) is 7.06. The molecule has 0 spiro atoms. The molecular formula is C22H18BrN3O4. The zero-order valence-corrected chi connectivity index (χ0v) is 17.7. The number of fused-ring (bicyclic) bond motifs is 1. The van der Waals surface area contributed by atoms with E-state index < -0.39 is 5.91 Å². The maximum Gasteiger partial charge on any atom is 0.307 e. The summed E-state index contributed by atoms with van der Waals surface area (Å²) in [5, 5.41) is 13.6. The second-order valence-electron chi connectivity index (χ2n) is 6.14. The Kier molecular flexibility index (Phi) is 6.88. The van der Waals surface area contributed by atoms with Crippen LogP contribution >= 0.6 is 15.9 Å². The lowest BCUT2D eigenvalue weighted by molar-refractivity contribution is 0.0929. The van der Waals surface area contributed by atoms with E-state index in [0.29, 0.717) is 29.1 Å². The monoisotopic (exact) mass is 467 g/mol. The number of benzene rings is 2. The number of nitriles is 1. The van der Waals surface area contributed by atoms with Crippen molar-refractivity contribution in [2.24, 2.45) is 5.10 Å². The molecule has 1 heterocycles. The minimum atomic E-state index is -0.467. The van der Waals surface area contributed by atoms with Crippen molar-refractivity contribution in [3.05, 3.63) is 70.4 Å². The van der Waals surface area contributed by atoms with Crippen LogP contribution in [0.3, 0.4) is 0 Å². The number of hydrogen-bond donors (Lipinski definition) is 1. The summed E-state index contributed by atoms with van der Waals surface area (Å²) in [6.45, 7) is 3.64. The Morgan fingerprint density at radius 3 is 2.93 bits per heavy atom. The molecule has 30 heavy (non-hydrogen) atoms. The summed E-state index contributed by atoms with van der Waals surface area (Å²) in [5.74, 6) is 0.630. The summed E-state index contributed by atoms with van der Waals surface area (Å²) in [5.41, 5.74) is 4.53. The van der Waals surface area contributed by atoms with Crippen LogP contribution in [0.5, 0.6) is 11.5 Å². The first-order valence-electron chi connectivity index (χ1n) is 8.89. The molecule has 2 aromatic carbocycles. The molecule has 0 aliphatic heterocycles. The number of hydrazone groups is 1. The smallest absolute Gasteiger partial charge is 0.307 e. The van der Waals surface area contributed by atoms with Gasteiger partial charge in [-0.15, -0.1) is 6.58 Å². The van der Waals surface area contributed by atoms with Gasteiger partial charge in [0.2, 0.25) is 0 Å². The van der Waals surface area contributed by atoms with E-state index >= 15 is 0 Å². The topological polar surface area (TPSA) is 96.8 Å². The summed E-state index contributed by atoms with van der Waals surface area (Å²) in [7, 11) is 1.51. The number of allylic oxidation sites excluding steroid dienone is 1. The number of methoxy groups -OCH3 is 1. The quantitative estimate of drug-likeness (QED) is 0.296. The van der Waals surface area contributed by atoms with E-state index in [9.17, 15) is 4.79 Å². The Hall–Kier alpha value is -3.57. The number of halogens is 1. The van der Waals surface area contributed by atoms with Gasteiger partial charge in [-0.2, -0.15) is 10.4 Å². The van der Waals surface area contributed by atoms with Crippen molar-refractivity contribution in [2.45, 2.75) is 6.42 Å². The van der Waals surface area contributed by atoms with Crippen molar-refractivity contribution in [3.8, 4) is 17.6 Å². The van der Waals surface area contributed by atoms with Crippen LogP contribution in [0.2, 0.25) is 0 Å². The molecule has 7 nitrogen and oxygen atoms in total. The molecule has 8 heteroatoms. The Morgan fingerprint density at radius 1 is 1.37 bits per heavy atom. The fourth-order valence-electron chi connectivity index (χ4n) is 2.83. The third-order valence-corrected chi connectivity index (χ3v) is 4.59. The van der Waals surface area contributed by atoms with Gasteiger partial charge >= 0.3 is 5.91 Å². The van der Waals surface area contributed by atoms with Crippen molar-refractivity contribution in [1.29, 1.82) is 5.26 Å². The molecule has 0 fully saturated rings. The largest absolute Gasteiger partial charge is 0.493 e. The molecule has 0 unspecified atom stereocenters. The van der Waals surface area contributed by atoms with E-state index in [-0.39, 0.29) is 12.4 Å². The molecule has 3 rings (SSSR count). The third kappa shape index (κ3) is 4.88. The van der Waals surface area contributed by atoms with E-state index in [1.165, 1.54) is 13.3 Å². The Morgan fingerprint density at radius 2 is 2.20 bits per heavy atom. The van der Waals surface area contributed by atoms with E-state index in [0.717, 1.165) is 15.4 Å². The number of nitrogens with zero attached hydrogens (tertiary/aromatic N) is 2. The number of nitrogens with one attached hydrogen (secondary N) is 1. The van der Waals surface area contributed by atoms with E-state index in [1.54, 1.807) is 24.3 Å². The summed E-state index contributed by atoms with van der Waals surface area (Å²) < 4.78 is 17.3. The van der Waals surface area contributed by atoms with Crippen LogP contribution in [0.1, 0.15) is 21.7 Å². The average Bonchev–Trinajstić information content (AvgIpc) is 3.16. The molecule has 0 saturated heterocycles. The number of amides is 1. The van der Waals surface area contributed by atoms with Crippen LogP contribution in [-0.4, -0.2) is 25.8 Å². The summed E-state index contributed by atoms with van der Waals surface area (Å²) in [6, 6.07) is 12.6. The van der Waals surface area contributed by atoms with Gasteiger partial charge < -0.3 is 13.9 Å². The molecule has 0 aliphatic carbocycles. The van der Waals surface area contributed by atoms with Crippen molar-refractivity contribution >= 4 is 39.0 Å². The van der Waals surface area contributed by atoms with Gasteiger partial charge in [0.15, 0.2) is 23.9 Å². The molecule has 1 amide bonds. The maximum atomic E-state index is 12.3. The fourth-order valence-corrected chi connectivity index (χ4v) is 3.21. The van der Waals surface area contributed by atoms with Crippen LogP contribution < -0.4 is 14.9 Å². The maximum absolute atomic E-state index is 12.3. The van der Waals surface area contributed by atoms with Crippen molar-refractivity contribution in [2.75, 3.05) is 13.7 Å². The molecule has 0 saturated carbocycles. The Balaban J connectivity index is 1.78. The molecule has 0 atom stereocenters. The zero-order chi connectivity index (χ0) is 21.5. The van der Waals surface area contributed by atoms with Crippen LogP contribution in [-0.2, 0) is 6.42 Å². The van der Waals surface area contributed by atoms with Crippen LogP contribution in [0.15, 0.2) is 63.0 Å². The SMILES string of the molecule is C=CCc1cc(/C=N/NC(=O)c2cc3cc(Br)ccc3o2)cc(OC)c1OCC#N. The van der Waals surface area contributed by atoms with Gasteiger partial charge in [-0.1, -0.05) is 22.0 Å². The summed E-state index contributed by atoms with van der Waals surface area (Å²) in [6.07, 6.45) is 3.72. The van der Waals surface area contributed by atoms with E-state index in [1.807, 2.05) is 24.3 Å². The van der Waals surface area contributed by atoms with Gasteiger partial charge in [0.25, 0.3) is 0 Å². The number of ether oxygens (including phenoxy) is 2. The highest BCUT2D eigenvalue weighted by atomic mass is 79.9. The Bertz CT molecular complexity index is 1160. The van der Waals surface area contributed by atoms with Crippen molar-refractivity contribution in [3.63, 3.8) is 0 Å². The third-order valence-electron chi connectivity index (χ3n) is 4.10. The second kappa shape index (κ2) is 9.76. The van der Waals surface area contributed by atoms with Crippen molar-refractivity contribution in [1.82, 2.24) is 5.43 Å². The first kappa shape index (κ1) is 21.1. The minimum absolute atomic E-state index is 0.0991. The standard InChI is InChI=1S/C22H18BrN3O4/c1-3-4-15-9-14(10-19(28-2)21(15)29-8-7-24)13-25-26-22(27)20-12-16-11-17(23)5-6-18(16)30-20/h3,5-6,9-13H,1,4,8H2,2H3,(H,26,27)/b25-13+. The molecule has 0 bridgehead atoms. The average molecular weight is 468 g/mol. The zero-order valence-electron chi connectivity index (χ0n) is 16.1. The number of hydrogen-bond acceptors (Lipinski definition) is 6. The molecular weight excluding hydrogens is 450 g/mol. The van der Waals surface area contributed by atoms with Gasteiger partial charge in [0.05, 0.1) is 13.3 Å². The lowest BCUT2D eigenvalue weighted by Crippen LogP contribution is -2.16. The lowest BCUT2D eigenvalue weighted by Gasteiger charge is -2.13. The number of carbonyl (C=O) groups excluding carboxylic acids is 1. The highest BCUT2D eigenvalue weighted by molar-refractivity contribution is 9.10. The first-order valence-corrected chi connectivity index (χ1v) is 9.69. The van der Waals surface area contributed by atoms with Crippen molar-refractivity contribution < 1.29 is 18.7 Å². The van der Waals surface area contributed by atoms with E-state index in [2.05, 4.69) is 33.0 Å². The van der Waals surface area contributed by atoms with Gasteiger partial charge in [-0.05, 0) is 48.4 Å². The lowest BCUT2D eigenvalue weighted by atomic mass is 10.1. The van der Waals surface area contributed by atoms with Crippen LogP contribution in [0.25, 0.3) is 11.0 Å². The molecule has 0 aliphatic rings. The predicted octanol–water partition coefficient (Wildman–Crippen LogP) is 4.60.